The zero-order valence-corrected chi connectivity index (χ0v) is 12.4. The molecule has 0 aromatic heterocycles. The fourth-order valence-corrected chi connectivity index (χ4v) is 2.89. The molecule has 0 bridgehead atoms. The Kier molecular flexibility index (Phi) is 4.94. The van der Waals surface area contributed by atoms with Crippen molar-refractivity contribution in [2.75, 3.05) is 5.88 Å². The van der Waals surface area contributed by atoms with Crippen molar-refractivity contribution in [3.63, 3.8) is 0 Å². The molecule has 2 aromatic rings. The van der Waals surface area contributed by atoms with E-state index in [1.807, 2.05) is 24.3 Å². The largest absolute Gasteiger partial charge is 0.204 e. The van der Waals surface area contributed by atoms with Crippen LogP contribution >= 0.6 is 27.5 Å². The van der Waals surface area contributed by atoms with Gasteiger partial charge in [-0.25, -0.2) is 8.78 Å². The van der Waals surface area contributed by atoms with Gasteiger partial charge in [-0.15, -0.1) is 11.6 Å². The lowest BCUT2D eigenvalue weighted by molar-refractivity contribution is 0.506. The highest BCUT2D eigenvalue weighted by Gasteiger charge is 2.15. The summed E-state index contributed by atoms with van der Waals surface area (Å²) < 4.78 is 27.1. The SMILES string of the molecule is Fc1ccc(CC(CCl)c2ccccc2Br)cc1F. The van der Waals surface area contributed by atoms with Crippen LogP contribution in [0.15, 0.2) is 46.9 Å². The molecule has 19 heavy (non-hydrogen) atoms. The first-order valence-electron chi connectivity index (χ1n) is 5.86. The standard InChI is InChI=1S/C15H12BrClF2/c16-13-4-2-1-3-12(13)11(9-17)7-10-5-6-14(18)15(19)8-10/h1-6,8,11H,7,9H2. The molecule has 0 aliphatic rings. The minimum absolute atomic E-state index is 0.0575. The summed E-state index contributed by atoms with van der Waals surface area (Å²) in [5.41, 5.74) is 1.81. The third-order valence-electron chi connectivity index (χ3n) is 3.00. The van der Waals surface area contributed by atoms with E-state index in [4.69, 9.17) is 11.6 Å². The number of hydrogen-bond acceptors (Lipinski definition) is 0. The van der Waals surface area contributed by atoms with Crippen LogP contribution in [-0.2, 0) is 6.42 Å². The minimum Gasteiger partial charge on any atom is -0.204 e. The minimum atomic E-state index is -0.827. The molecule has 1 atom stereocenters. The van der Waals surface area contributed by atoms with Gasteiger partial charge in [-0.3, -0.25) is 0 Å². The van der Waals surface area contributed by atoms with E-state index >= 15 is 0 Å². The monoisotopic (exact) mass is 344 g/mol. The van der Waals surface area contributed by atoms with Gasteiger partial charge in [0, 0.05) is 16.3 Å². The van der Waals surface area contributed by atoms with Gasteiger partial charge in [0.25, 0.3) is 0 Å². The van der Waals surface area contributed by atoms with Crippen molar-refractivity contribution in [1.82, 2.24) is 0 Å². The Bertz CT molecular complexity index is 572. The Morgan fingerprint density at radius 1 is 1.05 bits per heavy atom. The van der Waals surface area contributed by atoms with Gasteiger partial charge in [0.1, 0.15) is 0 Å². The molecule has 0 nitrogen and oxygen atoms in total. The second-order valence-electron chi connectivity index (χ2n) is 4.33. The molecule has 100 valence electrons. The van der Waals surface area contributed by atoms with Gasteiger partial charge in [0.15, 0.2) is 11.6 Å². The molecule has 0 N–H and O–H groups in total. The molecule has 1 unspecified atom stereocenters. The fraction of sp³-hybridized carbons (Fsp3) is 0.200. The van der Waals surface area contributed by atoms with Gasteiger partial charge >= 0.3 is 0 Å². The lowest BCUT2D eigenvalue weighted by Gasteiger charge is -2.16. The average Bonchev–Trinajstić information content (AvgIpc) is 2.41. The summed E-state index contributed by atoms with van der Waals surface area (Å²) in [5.74, 6) is -1.17. The maximum atomic E-state index is 13.2. The number of hydrogen-bond donors (Lipinski definition) is 0. The van der Waals surface area contributed by atoms with E-state index < -0.39 is 11.6 Å². The summed E-state index contributed by atoms with van der Waals surface area (Å²) in [4.78, 5) is 0. The predicted octanol–water partition coefficient (Wildman–Crippen LogP) is 5.29. The first-order valence-corrected chi connectivity index (χ1v) is 7.19. The summed E-state index contributed by atoms with van der Waals surface area (Å²) in [6.07, 6.45) is 0.573. The average molecular weight is 346 g/mol. The summed E-state index contributed by atoms with van der Waals surface area (Å²) in [7, 11) is 0. The predicted molar refractivity (Wildman–Crippen MR) is 77.7 cm³/mol. The maximum absolute atomic E-state index is 13.2. The lowest BCUT2D eigenvalue weighted by atomic mass is 9.93. The van der Waals surface area contributed by atoms with Crippen molar-refractivity contribution in [1.29, 1.82) is 0 Å². The highest BCUT2D eigenvalue weighted by atomic mass is 79.9. The third-order valence-corrected chi connectivity index (χ3v) is 4.09. The maximum Gasteiger partial charge on any atom is 0.159 e. The van der Waals surface area contributed by atoms with E-state index in [1.165, 1.54) is 6.07 Å². The van der Waals surface area contributed by atoms with Gasteiger partial charge in [-0.05, 0) is 35.7 Å². The summed E-state index contributed by atoms with van der Waals surface area (Å²) in [6.45, 7) is 0. The van der Waals surface area contributed by atoms with E-state index in [-0.39, 0.29) is 5.92 Å². The second kappa shape index (κ2) is 6.49. The first kappa shape index (κ1) is 14.5. The molecule has 2 rings (SSSR count). The number of rotatable bonds is 4. The fourth-order valence-electron chi connectivity index (χ4n) is 2.00. The summed E-state index contributed by atoms with van der Waals surface area (Å²) >= 11 is 9.49. The molecule has 0 amide bonds. The molecule has 0 fully saturated rings. The van der Waals surface area contributed by atoms with Gasteiger partial charge in [-0.2, -0.15) is 0 Å². The van der Waals surface area contributed by atoms with E-state index in [2.05, 4.69) is 15.9 Å². The first-order chi connectivity index (χ1) is 9.11. The van der Waals surface area contributed by atoms with Crippen LogP contribution in [0, 0.1) is 11.6 Å². The van der Waals surface area contributed by atoms with Gasteiger partial charge in [0.05, 0.1) is 0 Å². The topological polar surface area (TPSA) is 0 Å². The van der Waals surface area contributed by atoms with Crippen molar-refractivity contribution in [3.8, 4) is 0 Å². The van der Waals surface area contributed by atoms with E-state index in [0.717, 1.165) is 21.7 Å². The number of benzene rings is 2. The zero-order chi connectivity index (χ0) is 13.8. The molecule has 0 heterocycles. The molecule has 0 saturated carbocycles. The van der Waals surface area contributed by atoms with Gasteiger partial charge < -0.3 is 0 Å². The van der Waals surface area contributed by atoms with Crippen molar-refractivity contribution in [2.45, 2.75) is 12.3 Å². The molecule has 0 aliphatic carbocycles. The Morgan fingerprint density at radius 3 is 2.42 bits per heavy atom. The highest BCUT2D eigenvalue weighted by molar-refractivity contribution is 9.10. The highest BCUT2D eigenvalue weighted by Crippen LogP contribution is 2.29. The molecule has 0 spiro atoms. The van der Waals surface area contributed by atoms with E-state index in [1.54, 1.807) is 6.07 Å². The number of alkyl halides is 1. The van der Waals surface area contributed by atoms with Crippen LogP contribution in [0.2, 0.25) is 0 Å². The van der Waals surface area contributed by atoms with Crippen LogP contribution in [0.4, 0.5) is 8.78 Å². The van der Waals surface area contributed by atoms with Crippen LogP contribution in [0.3, 0.4) is 0 Å². The van der Waals surface area contributed by atoms with Crippen LogP contribution in [0.5, 0.6) is 0 Å². The molecule has 4 heteroatoms. The van der Waals surface area contributed by atoms with Crippen LogP contribution in [0.1, 0.15) is 17.0 Å². The lowest BCUT2D eigenvalue weighted by Crippen LogP contribution is -2.06. The smallest absolute Gasteiger partial charge is 0.159 e. The Hall–Kier alpha value is -0.930. The molecular weight excluding hydrogens is 334 g/mol. The second-order valence-corrected chi connectivity index (χ2v) is 5.49. The Balaban J connectivity index is 2.24. The zero-order valence-electron chi connectivity index (χ0n) is 10.0. The summed E-state index contributed by atoms with van der Waals surface area (Å²) in [6, 6.07) is 11.8. The van der Waals surface area contributed by atoms with Crippen LogP contribution < -0.4 is 0 Å². The van der Waals surface area contributed by atoms with Crippen molar-refractivity contribution < 1.29 is 8.78 Å². The van der Waals surface area contributed by atoms with Crippen LogP contribution in [0.25, 0.3) is 0 Å². The quantitative estimate of drug-likeness (QED) is 0.660. The molecule has 0 saturated heterocycles. The number of halogens is 4. The van der Waals surface area contributed by atoms with E-state index in [9.17, 15) is 8.78 Å². The van der Waals surface area contributed by atoms with Gasteiger partial charge in [0.2, 0.25) is 0 Å². The molecule has 0 aliphatic heterocycles. The molecule has 0 radical (unpaired) electrons. The van der Waals surface area contributed by atoms with Crippen LogP contribution in [-0.4, -0.2) is 5.88 Å². The van der Waals surface area contributed by atoms with E-state index in [0.29, 0.717) is 12.3 Å². The molecular formula is C15H12BrClF2. The Morgan fingerprint density at radius 2 is 1.79 bits per heavy atom. The van der Waals surface area contributed by atoms with Crippen molar-refractivity contribution in [3.05, 3.63) is 69.7 Å². The Labute approximate surface area is 124 Å². The summed E-state index contributed by atoms with van der Waals surface area (Å²) in [5, 5.41) is 0. The van der Waals surface area contributed by atoms with Crippen molar-refractivity contribution >= 4 is 27.5 Å². The third kappa shape index (κ3) is 3.54. The van der Waals surface area contributed by atoms with Crippen molar-refractivity contribution in [2.24, 2.45) is 0 Å². The normalized spacial score (nSPS) is 12.4. The van der Waals surface area contributed by atoms with Gasteiger partial charge in [-0.1, -0.05) is 40.2 Å². The molecule has 2 aromatic carbocycles.